The van der Waals surface area contributed by atoms with E-state index < -0.39 is 0 Å². The summed E-state index contributed by atoms with van der Waals surface area (Å²) in [7, 11) is 1.84. The molecule has 0 unspecified atom stereocenters. The summed E-state index contributed by atoms with van der Waals surface area (Å²) in [5.41, 5.74) is 6.64. The fourth-order valence-corrected chi connectivity index (χ4v) is 4.46. The van der Waals surface area contributed by atoms with Crippen LogP contribution < -0.4 is 0 Å². The van der Waals surface area contributed by atoms with Gasteiger partial charge in [-0.25, -0.2) is 0 Å². The highest BCUT2D eigenvalue weighted by atomic mass is 32.2. The summed E-state index contributed by atoms with van der Waals surface area (Å²) in [6, 6.07) is 4.37. The fraction of sp³-hybridized carbons (Fsp3) is 0.458. The second-order valence-corrected chi connectivity index (χ2v) is 8.38. The standard InChI is InChI=1S/C24H35NS/c1-9-11-12-14-20(7)26-24-19(6)15-16-21(22(24)17(3)4)23(25-8)18(5)13-10-2/h10,13,15-16,20H,3,5,9,11-12,14H2,1-2,4,6-8H3/b13-10-,25-23-/t20-/m0/s1. The number of rotatable bonds is 10. The molecule has 0 fully saturated rings. The van der Waals surface area contributed by atoms with Gasteiger partial charge in [0, 0.05) is 28.3 Å². The van der Waals surface area contributed by atoms with E-state index in [1.165, 1.54) is 41.7 Å². The van der Waals surface area contributed by atoms with E-state index in [1.807, 2.05) is 37.9 Å². The molecule has 0 aliphatic rings. The van der Waals surface area contributed by atoms with Crippen LogP contribution in [-0.2, 0) is 0 Å². The first-order valence-electron chi connectivity index (χ1n) is 9.62. The van der Waals surface area contributed by atoms with Gasteiger partial charge in [-0.15, -0.1) is 11.8 Å². The second kappa shape index (κ2) is 11.2. The van der Waals surface area contributed by atoms with Crippen molar-refractivity contribution in [2.24, 2.45) is 4.99 Å². The van der Waals surface area contributed by atoms with Crippen molar-refractivity contribution < 1.29 is 0 Å². The van der Waals surface area contributed by atoms with Crippen LogP contribution in [0.15, 0.2) is 52.9 Å². The zero-order chi connectivity index (χ0) is 19.7. The van der Waals surface area contributed by atoms with Crippen LogP contribution in [0.1, 0.15) is 70.1 Å². The van der Waals surface area contributed by atoms with E-state index in [-0.39, 0.29) is 0 Å². The minimum atomic E-state index is 0.592. The summed E-state index contributed by atoms with van der Waals surface area (Å²) < 4.78 is 0. The average molecular weight is 370 g/mol. The van der Waals surface area contributed by atoms with Gasteiger partial charge in [0.05, 0.1) is 5.71 Å². The highest BCUT2D eigenvalue weighted by Crippen LogP contribution is 2.38. The predicted octanol–water partition coefficient (Wildman–Crippen LogP) is 7.64. The van der Waals surface area contributed by atoms with E-state index in [4.69, 9.17) is 0 Å². The van der Waals surface area contributed by atoms with E-state index in [0.29, 0.717) is 5.25 Å². The van der Waals surface area contributed by atoms with Crippen molar-refractivity contribution in [1.82, 2.24) is 0 Å². The van der Waals surface area contributed by atoms with Crippen molar-refractivity contribution in [3.63, 3.8) is 0 Å². The molecule has 0 radical (unpaired) electrons. The van der Waals surface area contributed by atoms with Gasteiger partial charge in [-0.1, -0.05) is 70.6 Å². The van der Waals surface area contributed by atoms with Gasteiger partial charge in [0.2, 0.25) is 0 Å². The lowest BCUT2D eigenvalue weighted by molar-refractivity contribution is 0.664. The molecule has 0 aliphatic carbocycles. The molecule has 26 heavy (non-hydrogen) atoms. The smallest absolute Gasteiger partial charge is 0.0715 e. The number of unbranched alkanes of at least 4 members (excludes halogenated alkanes) is 2. The average Bonchev–Trinajstić information content (AvgIpc) is 2.58. The molecule has 1 aromatic rings. The van der Waals surface area contributed by atoms with E-state index >= 15 is 0 Å². The Morgan fingerprint density at radius 3 is 2.50 bits per heavy atom. The molecule has 1 nitrogen and oxygen atoms in total. The van der Waals surface area contributed by atoms with Gasteiger partial charge >= 0.3 is 0 Å². The van der Waals surface area contributed by atoms with E-state index in [2.05, 4.69) is 58.0 Å². The van der Waals surface area contributed by atoms with Crippen LogP contribution in [0.2, 0.25) is 0 Å². The van der Waals surface area contributed by atoms with Gasteiger partial charge in [0.1, 0.15) is 0 Å². The van der Waals surface area contributed by atoms with Crippen LogP contribution >= 0.6 is 11.8 Å². The third kappa shape index (κ3) is 6.02. The van der Waals surface area contributed by atoms with Gasteiger partial charge in [0.25, 0.3) is 0 Å². The maximum Gasteiger partial charge on any atom is 0.0715 e. The third-order valence-electron chi connectivity index (χ3n) is 4.47. The van der Waals surface area contributed by atoms with Crippen LogP contribution in [0.3, 0.4) is 0 Å². The number of hydrogen-bond donors (Lipinski definition) is 0. The SMILES string of the molecule is C=C(/C=C\C)/C(=N/C)c1ccc(C)c(S[C@@H](C)CCCCC)c1C(=C)C. The minimum absolute atomic E-state index is 0.592. The maximum absolute atomic E-state index is 4.55. The highest BCUT2D eigenvalue weighted by Gasteiger charge is 2.19. The Morgan fingerprint density at radius 2 is 1.96 bits per heavy atom. The van der Waals surface area contributed by atoms with Gasteiger partial charge in [-0.2, -0.15) is 0 Å². The van der Waals surface area contributed by atoms with Crippen LogP contribution in [-0.4, -0.2) is 18.0 Å². The van der Waals surface area contributed by atoms with E-state index in [9.17, 15) is 0 Å². The number of hydrogen-bond acceptors (Lipinski definition) is 2. The highest BCUT2D eigenvalue weighted by molar-refractivity contribution is 8.00. The second-order valence-electron chi connectivity index (χ2n) is 6.94. The number of aryl methyl sites for hydroxylation is 1. The molecular formula is C24H35NS. The molecule has 0 bridgehead atoms. The lowest BCUT2D eigenvalue weighted by Crippen LogP contribution is -2.09. The van der Waals surface area contributed by atoms with Crippen molar-refractivity contribution in [2.75, 3.05) is 7.05 Å². The molecule has 142 valence electrons. The first kappa shape index (κ1) is 22.5. The fourth-order valence-electron chi connectivity index (χ4n) is 3.12. The Kier molecular flexibility index (Phi) is 9.72. The van der Waals surface area contributed by atoms with Crippen LogP contribution in [0.25, 0.3) is 5.57 Å². The molecule has 1 atom stereocenters. The molecule has 0 amide bonds. The van der Waals surface area contributed by atoms with E-state index in [1.54, 1.807) is 0 Å². The normalized spacial score (nSPS) is 13.2. The number of nitrogens with zero attached hydrogens (tertiary/aromatic N) is 1. The maximum atomic E-state index is 4.55. The Labute approximate surface area is 165 Å². The van der Waals surface area contributed by atoms with Gasteiger partial charge < -0.3 is 0 Å². The van der Waals surface area contributed by atoms with Crippen LogP contribution in [0, 0.1) is 6.92 Å². The van der Waals surface area contributed by atoms with Gasteiger partial charge in [-0.05, 0) is 43.9 Å². The number of thioether (sulfide) groups is 1. The zero-order valence-electron chi connectivity index (χ0n) is 17.5. The molecule has 0 spiro atoms. The molecule has 0 N–H and O–H groups in total. The van der Waals surface area contributed by atoms with Crippen molar-refractivity contribution in [1.29, 1.82) is 0 Å². The van der Waals surface area contributed by atoms with Crippen molar-refractivity contribution in [3.8, 4) is 0 Å². The van der Waals surface area contributed by atoms with Crippen LogP contribution in [0.5, 0.6) is 0 Å². The summed E-state index contributed by atoms with van der Waals surface area (Å²) >= 11 is 1.98. The molecule has 1 rings (SSSR count). The molecule has 0 aromatic heterocycles. The first-order valence-corrected chi connectivity index (χ1v) is 10.5. The van der Waals surface area contributed by atoms with Crippen LogP contribution in [0.4, 0.5) is 0 Å². The summed E-state index contributed by atoms with van der Waals surface area (Å²) in [4.78, 5) is 5.89. The third-order valence-corrected chi connectivity index (χ3v) is 5.87. The topological polar surface area (TPSA) is 12.4 Å². The number of allylic oxidation sites excluding steroid dienone is 4. The largest absolute Gasteiger partial charge is 0.287 e. The molecule has 0 saturated carbocycles. The summed E-state index contributed by atoms with van der Waals surface area (Å²) in [6.45, 7) is 19.4. The number of aliphatic imine (C=N–C) groups is 1. The monoisotopic (exact) mass is 369 g/mol. The van der Waals surface area contributed by atoms with Crippen molar-refractivity contribution in [3.05, 3.63) is 59.7 Å². The lowest BCUT2D eigenvalue weighted by atomic mass is 9.93. The first-order chi connectivity index (χ1) is 12.4. The van der Waals surface area contributed by atoms with E-state index in [0.717, 1.165) is 22.4 Å². The Balaban J connectivity index is 3.35. The van der Waals surface area contributed by atoms with Gasteiger partial charge in [-0.3, -0.25) is 4.99 Å². The summed E-state index contributed by atoms with van der Waals surface area (Å²) in [5.74, 6) is 0. The van der Waals surface area contributed by atoms with Gasteiger partial charge in [0.15, 0.2) is 0 Å². The molecular weight excluding hydrogens is 334 g/mol. The van der Waals surface area contributed by atoms with Crippen molar-refractivity contribution >= 4 is 23.0 Å². The zero-order valence-corrected chi connectivity index (χ0v) is 18.3. The molecule has 0 heterocycles. The molecule has 0 aliphatic heterocycles. The van der Waals surface area contributed by atoms with Crippen molar-refractivity contribution in [2.45, 2.75) is 70.4 Å². The summed E-state index contributed by atoms with van der Waals surface area (Å²) in [5, 5.41) is 0.592. The lowest BCUT2D eigenvalue weighted by Gasteiger charge is -2.21. The quantitative estimate of drug-likeness (QED) is 0.179. The summed E-state index contributed by atoms with van der Waals surface area (Å²) in [6.07, 6.45) is 9.15. The molecule has 0 saturated heterocycles. The Hall–Kier alpha value is -1.54. The number of benzene rings is 1. The predicted molar refractivity (Wildman–Crippen MR) is 122 cm³/mol. The Bertz CT molecular complexity index is 694. The minimum Gasteiger partial charge on any atom is -0.287 e. The Morgan fingerprint density at radius 1 is 1.27 bits per heavy atom. The molecule has 1 aromatic carbocycles. The molecule has 2 heteroatoms.